The van der Waals surface area contributed by atoms with Crippen LogP contribution in [0, 0.1) is 11.8 Å². The monoisotopic (exact) mass is 262 g/mol. The molecule has 2 amide bonds. The molecule has 0 aromatic carbocycles. The Balaban J connectivity index is 2.05. The molecule has 1 heterocycles. The second kappa shape index (κ2) is 4.11. The predicted molar refractivity (Wildman–Crippen MR) is 69.3 cm³/mol. The summed E-state index contributed by atoms with van der Waals surface area (Å²) in [5.74, 6) is 0.167. The van der Waals surface area contributed by atoms with Crippen molar-refractivity contribution in [2.45, 2.75) is 25.3 Å². The van der Waals surface area contributed by atoms with E-state index in [1.807, 2.05) is 19.0 Å². The molecule has 19 heavy (non-hydrogen) atoms. The normalized spacial score (nSPS) is 34.5. The maximum Gasteiger partial charge on any atom is 0.414 e. The molecule has 2 fully saturated rings. The smallest absolute Gasteiger partial charge is 0.414 e. The van der Waals surface area contributed by atoms with E-state index in [0.717, 1.165) is 24.2 Å². The first kappa shape index (κ1) is 12.3. The predicted octanol–water partition coefficient (Wildman–Crippen LogP) is 1.68. The molecule has 102 valence electrons. The van der Waals surface area contributed by atoms with Crippen LogP contribution >= 0.6 is 0 Å². The summed E-state index contributed by atoms with van der Waals surface area (Å²) < 4.78 is 0. The summed E-state index contributed by atoms with van der Waals surface area (Å²) in [4.78, 5) is 26.6. The number of hydrogen-bond donors (Lipinski definition) is 1. The Bertz CT molecular complexity index is 507. The zero-order valence-corrected chi connectivity index (χ0v) is 11.2. The van der Waals surface area contributed by atoms with Crippen molar-refractivity contribution in [3.05, 3.63) is 23.4 Å². The van der Waals surface area contributed by atoms with Gasteiger partial charge in [0.1, 0.15) is 0 Å². The molecular formula is C14H18N2O3. The highest BCUT2D eigenvalue weighted by atomic mass is 16.4. The lowest BCUT2D eigenvalue weighted by Gasteiger charge is -2.19. The Morgan fingerprint density at radius 3 is 2.89 bits per heavy atom. The standard InChI is InChI=1S/C14H18N2O3/c1-15(2)7-11-10-6-8-4-3-5-9(8)12(10)16(13(11)17)14(18)19/h5,7-8,10,12H,3-4,6H2,1-2H3,(H,18,19). The van der Waals surface area contributed by atoms with Crippen molar-refractivity contribution in [3.8, 4) is 0 Å². The van der Waals surface area contributed by atoms with E-state index in [1.165, 1.54) is 5.57 Å². The summed E-state index contributed by atoms with van der Waals surface area (Å²) in [6.45, 7) is 0. The minimum atomic E-state index is -1.13. The van der Waals surface area contributed by atoms with Crippen LogP contribution in [0.5, 0.6) is 0 Å². The first-order valence-corrected chi connectivity index (χ1v) is 6.65. The van der Waals surface area contributed by atoms with Crippen LogP contribution in [0.4, 0.5) is 4.79 Å². The highest BCUT2D eigenvalue weighted by Gasteiger charge is 2.55. The van der Waals surface area contributed by atoms with Crippen molar-refractivity contribution in [2.24, 2.45) is 11.8 Å². The lowest BCUT2D eigenvalue weighted by molar-refractivity contribution is -0.123. The summed E-state index contributed by atoms with van der Waals surface area (Å²) in [6, 6.07) is -0.247. The Morgan fingerprint density at radius 1 is 1.53 bits per heavy atom. The maximum absolute atomic E-state index is 12.3. The van der Waals surface area contributed by atoms with Crippen LogP contribution in [0.2, 0.25) is 0 Å². The molecule has 0 aromatic heterocycles. The van der Waals surface area contributed by atoms with E-state index in [0.29, 0.717) is 11.5 Å². The maximum atomic E-state index is 12.3. The van der Waals surface area contributed by atoms with Gasteiger partial charge < -0.3 is 10.0 Å². The molecule has 0 spiro atoms. The molecule has 1 aliphatic heterocycles. The zero-order chi connectivity index (χ0) is 13.7. The van der Waals surface area contributed by atoms with Crippen molar-refractivity contribution in [2.75, 3.05) is 14.1 Å². The average Bonchev–Trinajstić information content (AvgIpc) is 2.92. The van der Waals surface area contributed by atoms with Gasteiger partial charge in [-0.1, -0.05) is 6.08 Å². The van der Waals surface area contributed by atoms with Gasteiger partial charge in [-0.15, -0.1) is 0 Å². The van der Waals surface area contributed by atoms with E-state index in [9.17, 15) is 14.7 Å². The molecule has 0 bridgehead atoms. The van der Waals surface area contributed by atoms with Gasteiger partial charge in [0.05, 0.1) is 6.04 Å². The Morgan fingerprint density at radius 2 is 2.26 bits per heavy atom. The van der Waals surface area contributed by atoms with Crippen LogP contribution in [-0.2, 0) is 4.79 Å². The fourth-order valence-corrected chi connectivity index (χ4v) is 3.75. The summed E-state index contributed by atoms with van der Waals surface area (Å²) in [5.41, 5.74) is 1.82. The van der Waals surface area contributed by atoms with E-state index >= 15 is 0 Å². The van der Waals surface area contributed by atoms with E-state index in [1.54, 1.807) is 6.20 Å². The van der Waals surface area contributed by atoms with Gasteiger partial charge in [-0.3, -0.25) is 4.79 Å². The van der Waals surface area contributed by atoms with Crippen molar-refractivity contribution in [1.82, 2.24) is 9.80 Å². The van der Waals surface area contributed by atoms with E-state index in [4.69, 9.17) is 0 Å². The van der Waals surface area contributed by atoms with Crippen LogP contribution in [0.3, 0.4) is 0 Å². The third kappa shape index (κ3) is 1.68. The number of allylic oxidation sites excluding steroid dienone is 1. The number of likely N-dealkylation sites (tertiary alicyclic amines) is 1. The summed E-state index contributed by atoms with van der Waals surface area (Å²) in [6.07, 6.45) is 5.81. The fraction of sp³-hybridized carbons (Fsp3) is 0.571. The van der Waals surface area contributed by atoms with Crippen molar-refractivity contribution >= 4 is 12.0 Å². The van der Waals surface area contributed by atoms with Gasteiger partial charge in [-0.05, 0) is 30.8 Å². The number of carbonyl (C=O) groups is 2. The van der Waals surface area contributed by atoms with Crippen LogP contribution < -0.4 is 0 Å². The molecule has 5 nitrogen and oxygen atoms in total. The Hall–Kier alpha value is -1.78. The number of imide groups is 1. The largest absolute Gasteiger partial charge is 0.465 e. The molecule has 1 saturated heterocycles. The van der Waals surface area contributed by atoms with Crippen LogP contribution in [-0.4, -0.2) is 47.0 Å². The fourth-order valence-electron chi connectivity index (χ4n) is 3.75. The third-order valence-corrected chi connectivity index (χ3v) is 4.37. The molecule has 2 aliphatic carbocycles. The van der Waals surface area contributed by atoms with Crippen LogP contribution in [0.25, 0.3) is 0 Å². The molecule has 3 atom stereocenters. The quantitative estimate of drug-likeness (QED) is 0.577. The van der Waals surface area contributed by atoms with Crippen molar-refractivity contribution < 1.29 is 14.7 Å². The van der Waals surface area contributed by atoms with Crippen molar-refractivity contribution in [1.29, 1.82) is 0 Å². The number of carboxylic acid groups (broad SMARTS) is 1. The highest BCUT2D eigenvalue weighted by Crippen LogP contribution is 2.51. The van der Waals surface area contributed by atoms with Crippen LogP contribution in [0.15, 0.2) is 23.4 Å². The molecule has 1 saturated carbocycles. The van der Waals surface area contributed by atoms with Crippen molar-refractivity contribution in [3.63, 3.8) is 0 Å². The van der Waals surface area contributed by atoms with Crippen LogP contribution in [0.1, 0.15) is 19.3 Å². The molecule has 5 heteroatoms. The highest BCUT2D eigenvalue weighted by molar-refractivity contribution is 6.06. The molecule has 0 radical (unpaired) electrons. The lowest BCUT2D eigenvalue weighted by atomic mass is 9.96. The zero-order valence-electron chi connectivity index (χ0n) is 11.2. The molecule has 3 aliphatic rings. The second-order valence-electron chi connectivity index (χ2n) is 5.77. The van der Waals surface area contributed by atoms with E-state index in [2.05, 4.69) is 6.08 Å². The van der Waals surface area contributed by atoms with Gasteiger partial charge in [-0.2, -0.15) is 0 Å². The first-order valence-electron chi connectivity index (χ1n) is 6.65. The number of rotatable bonds is 1. The summed E-state index contributed by atoms with van der Waals surface area (Å²) in [7, 11) is 3.71. The van der Waals surface area contributed by atoms with Gasteiger partial charge in [0, 0.05) is 31.8 Å². The van der Waals surface area contributed by atoms with Gasteiger partial charge in [0.25, 0.3) is 5.91 Å². The lowest BCUT2D eigenvalue weighted by Crippen LogP contribution is -2.39. The van der Waals surface area contributed by atoms with Gasteiger partial charge in [0.15, 0.2) is 0 Å². The number of amides is 2. The Kier molecular flexibility index (Phi) is 2.66. The van der Waals surface area contributed by atoms with Gasteiger partial charge >= 0.3 is 6.09 Å². The minimum absolute atomic E-state index is 0.0440. The SMILES string of the molecule is CN(C)C=C1C(=O)N(C(=O)O)C2C3=CCCC3CC12. The average molecular weight is 262 g/mol. The van der Waals surface area contributed by atoms with Gasteiger partial charge in [-0.25, -0.2) is 9.69 Å². The summed E-state index contributed by atoms with van der Waals surface area (Å²) >= 11 is 0. The number of carbonyl (C=O) groups excluding carboxylic acids is 1. The molecule has 3 rings (SSSR count). The number of nitrogens with zero attached hydrogens (tertiary/aromatic N) is 2. The topological polar surface area (TPSA) is 60.9 Å². The number of hydrogen-bond acceptors (Lipinski definition) is 3. The third-order valence-electron chi connectivity index (χ3n) is 4.37. The minimum Gasteiger partial charge on any atom is -0.465 e. The molecule has 1 N–H and O–H groups in total. The summed E-state index contributed by atoms with van der Waals surface area (Å²) in [5, 5.41) is 9.34. The van der Waals surface area contributed by atoms with E-state index < -0.39 is 6.09 Å². The van der Waals surface area contributed by atoms with Gasteiger partial charge in [0.2, 0.25) is 0 Å². The molecular weight excluding hydrogens is 244 g/mol. The molecule has 3 unspecified atom stereocenters. The first-order chi connectivity index (χ1) is 9.00. The number of fused-ring (bicyclic) bond motifs is 3. The second-order valence-corrected chi connectivity index (χ2v) is 5.77. The van der Waals surface area contributed by atoms with E-state index in [-0.39, 0.29) is 17.9 Å². The Labute approximate surface area is 112 Å². The molecule has 0 aromatic rings.